The lowest BCUT2D eigenvalue weighted by atomic mass is 9.69. The van der Waals surface area contributed by atoms with Crippen molar-refractivity contribution in [3.8, 4) is 0 Å². The van der Waals surface area contributed by atoms with Crippen LogP contribution in [-0.2, 0) is 14.3 Å². The summed E-state index contributed by atoms with van der Waals surface area (Å²) in [6.45, 7) is 2.20. The maximum absolute atomic E-state index is 11.6. The standard InChI is InChI=1S/C10H13ClO3/c1-2-14-9(13)10-3-6(4-10)7(5-10)8(11)12/h6-7H,2-5H2,1H3/t6-,7?,10+. The van der Waals surface area contributed by atoms with E-state index < -0.39 is 0 Å². The van der Waals surface area contributed by atoms with Crippen LogP contribution in [0.3, 0.4) is 0 Å². The first kappa shape index (κ1) is 9.97. The number of carbonyl (C=O) groups excluding carboxylic acids is 2. The molecule has 0 aliphatic heterocycles. The zero-order chi connectivity index (χ0) is 10.3. The molecule has 3 rings (SSSR count). The summed E-state index contributed by atoms with van der Waals surface area (Å²) in [7, 11) is 0. The minimum absolute atomic E-state index is 0.110. The maximum atomic E-state index is 11.6. The van der Waals surface area contributed by atoms with Crippen LogP contribution >= 0.6 is 11.6 Å². The molecule has 78 valence electrons. The normalized spacial score (nSPS) is 39.0. The van der Waals surface area contributed by atoms with Crippen molar-refractivity contribution >= 4 is 22.8 Å². The highest BCUT2D eigenvalue weighted by molar-refractivity contribution is 6.64. The summed E-state index contributed by atoms with van der Waals surface area (Å²) in [5, 5.41) is -0.293. The molecule has 0 heterocycles. The van der Waals surface area contributed by atoms with Gasteiger partial charge in [-0.3, -0.25) is 9.59 Å². The van der Waals surface area contributed by atoms with Crippen molar-refractivity contribution in [3.05, 3.63) is 0 Å². The van der Waals surface area contributed by atoms with Crippen molar-refractivity contribution in [2.24, 2.45) is 17.3 Å². The topological polar surface area (TPSA) is 43.4 Å². The van der Waals surface area contributed by atoms with Gasteiger partial charge in [0.05, 0.1) is 12.0 Å². The predicted molar refractivity (Wildman–Crippen MR) is 50.8 cm³/mol. The molecule has 3 nitrogen and oxygen atoms in total. The molecule has 3 aliphatic rings. The third kappa shape index (κ3) is 1.26. The molecule has 0 aromatic carbocycles. The van der Waals surface area contributed by atoms with Crippen molar-refractivity contribution in [2.75, 3.05) is 6.61 Å². The van der Waals surface area contributed by atoms with Gasteiger partial charge in [-0.05, 0) is 43.7 Å². The van der Waals surface area contributed by atoms with E-state index in [4.69, 9.17) is 16.3 Å². The largest absolute Gasteiger partial charge is 0.466 e. The van der Waals surface area contributed by atoms with Crippen molar-refractivity contribution in [1.29, 1.82) is 0 Å². The molecule has 2 bridgehead atoms. The van der Waals surface area contributed by atoms with Crippen molar-refractivity contribution in [2.45, 2.75) is 26.2 Å². The van der Waals surface area contributed by atoms with E-state index in [2.05, 4.69) is 0 Å². The third-order valence-electron chi connectivity index (χ3n) is 3.49. The monoisotopic (exact) mass is 216 g/mol. The number of hydrogen-bond acceptors (Lipinski definition) is 3. The second kappa shape index (κ2) is 3.23. The van der Waals surface area contributed by atoms with E-state index in [-0.39, 0.29) is 22.5 Å². The van der Waals surface area contributed by atoms with Gasteiger partial charge in [0, 0.05) is 5.92 Å². The van der Waals surface area contributed by atoms with E-state index in [0.29, 0.717) is 18.9 Å². The zero-order valence-corrected chi connectivity index (χ0v) is 8.84. The molecule has 1 unspecified atom stereocenters. The number of fused-ring (bicyclic) bond motifs is 1. The Hall–Kier alpha value is -0.570. The fourth-order valence-corrected chi connectivity index (χ4v) is 3.04. The highest BCUT2D eigenvalue weighted by atomic mass is 35.5. The van der Waals surface area contributed by atoms with E-state index in [0.717, 1.165) is 12.8 Å². The number of rotatable bonds is 3. The fourth-order valence-electron chi connectivity index (χ4n) is 2.78. The number of hydrogen-bond donors (Lipinski definition) is 0. The molecule has 4 heteroatoms. The molecule has 3 fully saturated rings. The van der Waals surface area contributed by atoms with Gasteiger partial charge in [-0.15, -0.1) is 0 Å². The van der Waals surface area contributed by atoms with Crippen molar-refractivity contribution < 1.29 is 14.3 Å². The molecule has 0 radical (unpaired) electrons. The number of esters is 1. The number of ether oxygens (including phenoxy) is 1. The SMILES string of the molecule is CCOC(=O)[C@]12CC(C(=O)Cl)[C@@H](C1)C2. The van der Waals surface area contributed by atoms with E-state index in [9.17, 15) is 9.59 Å². The van der Waals surface area contributed by atoms with E-state index in [1.165, 1.54) is 0 Å². The van der Waals surface area contributed by atoms with Gasteiger partial charge < -0.3 is 4.74 Å². The molecular formula is C10H13ClO3. The van der Waals surface area contributed by atoms with E-state index in [1.807, 2.05) is 0 Å². The molecule has 0 aromatic heterocycles. The van der Waals surface area contributed by atoms with Crippen LogP contribution in [0, 0.1) is 17.3 Å². The van der Waals surface area contributed by atoms with Crippen LogP contribution in [0.25, 0.3) is 0 Å². The average molecular weight is 217 g/mol. The van der Waals surface area contributed by atoms with Gasteiger partial charge >= 0.3 is 5.97 Å². The minimum Gasteiger partial charge on any atom is -0.466 e. The molecule has 0 saturated heterocycles. The minimum atomic E-state index is -0.365. The van der Waals surface area contributed by atoms with E-state index >= 15 is 0 Å². The van der Waals surface area contributed by atoms with Crippen LogP contribution < -0.4 is 0 Å². The molecule has 3 aliphatic carbocycles. The van der Waals surface area contributed by atoms with Gasteiger partial charge in [0.2, 0.25) is 5.24 Å². The van der Waals surface area contributed by atoms with Crippen molar-refractivity contribution in [3.63, 3.8) is 0 Å². The average Bonchev–Trinajstić information content (AvgIpc) is 2.57. The Balaban J connectivity index is 2.04. The lowest BCUT2D eigenvalue weighted by Gasteiger charge is -2.35. The number of carbonyl (C=O) groups is 2. The Kier molecular flexibility index (Phi) is 2.30. The fraction of sp³-hybridized carbons (Fsp3) is 0.800. The van der Waals surface area contributed by atoms with Gasteiger partial charge in [0.15, 0.2) is 0 Å². The van der Waals surface area contributed by atoms with Gasteiger partial charge in [-0.1, -0.05) is 0 Å². The summed E-state index contributed by atoms with van der Waals surface area (Å²) in [5.41, 5.74) is -0.365. The van der Waals surface area contributed by atoms with Crippen LogP contribution in [0.2, 0.25) is 0 Å². The predicted octanol–water partition coefficient (Wildman–Crippen LogP) is 1.73. The molecule has 14 heavy (non-hydrogen) atoms. The lowest BCUT2D eigenvalue weighted by Crippen LogP contribution is -2.37. The summed E-state index contributed by atoms with van der Waals surface area (Å²) < 4.78 is 5.00. The van der Waals surface area contributed by atoms with E-state index in [1.54, 1.807) is 6.92 Å². The van der Waals surface area contributed by atoms with Crippen LogP contribution in [0.15, 0.2) is 0 Å². The quantitative estimate of drug-likeness (QED) is 0.533. The van der Waals surface area contributed by atoms with Crippen LogP contribution in [0.5, 0.6) is 0 Å². The molecule has 0 spiro atoms. The first-order valence-corrected chi connectivity index (χ1v) is 5.33. The van der Waals surface area contributed by atoms with Crippen LogP contribution in [0.1, 0.15) is 26.2 Å². The van der Waals surface area contributed by atoms with Crippen LogP contribution in [0.4, 0.5) is 0 Å². The Morgan fingerprint density at radius 1 is 1.43 bits per heavy atom. The smallest absolute Gasteiger partial charge is 0.312 e. The highest BCUT2D eigenvalue weighted by Crippen LogP contribution is 2.62. The molecule has 0 N–H and O–H groups in total. The van der Waals surface area contributed by atoms with Gasteiger partial charge in [-0.25, -0.2) is 0 Å². The maximum Gasteiger partial charge on any atom is 0.312 e. The second-order valence-corrected chi connectivity index (χ2v) is 4.66. The van der Waals surface area contributed by atoms with Crippen molar-refractivity contribution in [1.82, 2.24) is 0 Å². The zero-order valence-electron chi connectivity index (χ0n) is 8.09. The van der Waals surface area contributed by atoms with Gasteiger partial charge in [0.1, 0.15) is 0 Å². The van der Waals surface area contributed by atoms with Gasteiger partial charge in [-0.2, -0.15) is 0 Å². The molecule has 0 aromatic rings. The summed E-state index contributed by atoms with van der Waals surface area (Å²) in [4.78, 5) is 22.6. The second-order valence-electron chi connectivity index (χ2n) is 4.28. The Labute approximate surface area is 87.8 Å². The highest BCUT2D eigenvalue weighted by Gasteiger charge is 2.62. The number of halogens is 1. The summed E-state index contributed by atoms with van der Waals surface area (Å²) in [5.74, 6) is 0.0714. The Bertz CT molecular complexity index is 281. The first-order valence-electron chi connectivity index (χ1n) is 4.95. The summed E-state index contributed by atoms with van der Waals surface area (Å²) >= 11 is 5.46. The first-order chi connectivity index (χ1) is 6.59. The summed E-state index contributed by atoms with van der Waals surface area (Å²) in [6, 6.07) is 0. The molecule has 0 amide bonds. The molecule has 1 atom stereocenters. The summed E-state index contributed by atoms with van der Waals surface area (Å²) in [6.07, 6.45) is 2.17. The third-order valence-corrected chi connectivity index (χ3v) is 3.77. The Morgan fingerprint density at radius 3 is 2.50 bits per heavy atom. The van der Waals surface area contributed by atoms with Crippen LogP contribution in [-0.4, -0.2) is 17.8 Å². The molecular weight excluding hydrogens is 204 g/mol. The molecule has 3 saturated carbocycles. The van der Waals surface area contributed by atoms with Gasteiger partial charge in [0.25, 0.3) is 0 Å². The lowest BCUT2D eigenvalue weighted by molar-refractivity contribution is -0.159. The Morgan fingerprint density at radius 2 is 2.07 bits per heavy atom.